The van der Waals surface area contributed by atoms with Gasteiger partial charge in [0.15, 0.2) is 11.6 Å². The predicted molar refractivity (Wildman–Crippen MR) is 103 cm³/mol. The third-order valence-corrected chi connectivity index (χ3v) is 4.22. The first-order valence-corrected chi connectivity index (χ1v) is 8.47. The van der Waals surface area contributed by atoms with Crippen molar-refractivity contribution in [2.24, 2.45) is 0 Å². The van der Waals surface area contributed by atoms with Crippen molar-refractivity contribution in [2.75, 3.05) is 12.4 Å². The Balaban J connectivity index is 1.72. The van der Waals surface area contributed by atoms with Gasteiger partial charge in [-0.3, -0.25) is 14.9 Å². The van der Waals surface area contributed by atoms with E-state index >= 15 is 0 Å². The summed E-state index contributed by atoms with van der Waals surface area (Å²) < 4.78 is 20.2. The summed E-state index contributed by atoms with van der Waals surface area (Å²) in [4.78, 5) is 22.3. The number of aromatic nitrogens is 1. The van der Waals surface area contributed by atoms with Crippen LogP contribution in [0.2, 0.25) is 0 Å². The number of nitro groups is 1. The summed E-state index contributed by atoms with van der Waals surface area (Å²) in [6.07, 6.45) is 1.72. The molecule has 144 valence electrons. The maximum atomic E-state index is 13.7. The first kappa shape index (κ1) is 19.1. The molecule has 2 aromatic carbocycles. The number of nitrogens with zero attached hydrogens (tertiary/aromatic N) is 2. The van der Waals surface area contributed by atoms with Crippen LogP contribution < -0.4 is 15.6 Å². The third-order valence-electron chi connectivity index (χ3n) is 4.22. The van der Waals surface area contributed by atoms with Crippen LogP contribution in [0, 0.1) is 15.9 Å². The molecule has 1 N–H and O–H groups in total. The van der Waals surface area contributed by atoms with Crippen LogP contribution in [-0.2, 0) is 13.1 Å². The van der Waals surface area contributed by atoms with E-state index in [9.17, 15) is 19.3 Å². The van der Waals surface area contributed by atoms with Crippen LogP contribution in [0.3, 0.4) is 0 Å². The lowest BCUT2D eigenvalue weighted by molar-refractivity contribution is -0.384. The van der Waals surface area contributed by atoms with Crippen LogP contribution in [-0.4, -0.2) is 16.6 Å². The van der Waals surface area contributed by atoms with E-state index in [-0.39, 0.29) is 22.7 Å². The van der Waals surface area contributed by atoms with Crippen molar-refractivity contribution < 1.29 is 14.1 Å². The summed E-state index contributed by atoms with van der Waals surface area (Å²) in [6, 6.07) is 14.6. The lowest BCUT2D eigenvalue weighted by Crippen LogP contribution is -2.18. The maximum Gasteiger partial charge on any atom is 0.295 e. The van der Waals surface area contributed by atoms with Gasteiger partial charge in [-0.2, -0.15) is 0 Å². The SMILES string of the molecule is COc1cc(NCc2ccc(Cn3ccccc3=O)cc2)c([N+](=O)[O-])cc1F. The van der Waals surface area contributed by atoms with E-state index in [4.69, 9.17) is 4.74 Å². The number of nitrogens with one attached hydrogen (secondary N) is 1. The zero-order chi connectivity index (χ0) is 20.1. The van der Waals surface area contributed by atoms with Gasteiger partial charge in [0.2, 0.25) is 0 Å². The van der Waals surface area contributed by atoms with Gasteiger partial charge in [-0.25, -0.2) is 4.39 Å². The molecule has 3 aromatic rings. The summed E-state index contributed by atoms with van der Waals surface area (Å²) in [5.74, 6) is -0.864. The molecule has 0 spiro atoms. The summed E-state index contributed by atoms with van der Waals surface area (Å²) in [7, 11) is 1.30. The minimum atomic E-state index is -0.791. The van der Waals surface area contributed by atoms with E-state index in [1.54, 1.807) is 22.9 Å². The van der Waals surface area contributed by atoms with Gasteiger partial charge < -0.3 is 14.6 Å². The van der Waals surface area contributed by atoms with E-state index in [0.29, 0.717) is 13.1 Å². The summed E-state index contributed by atoms with van der Waals surface area (Å²) in [5, 5.41) is 14.1. The van der Waals surface area contributed by atoms with Crippen LogP contribution in [0.4, 0.5) is 15.8 Å². The molecule has 28 heavy (non-hydrogen) atoms. The standard InChI is InChI=1S/C20H18FN3O4/c1-28-19-11-17(18(24(26)27)10-16(19)21)22-12-14-5-7-15(8-6-14)13-23-9-3-2-4-20(23)25/h2-11,22H,12-13H2,1H3. The Morgan fingerprint density at radius 1 is 1.14 bits per heavy atom. The fraction of sp³-hybridized carbons (Fsp3) is 0.150. The highest BCUT2D eigenvalue weighted by molar-refractivity contribution is 5.64. The average Bonchev–Trinajstić information content (AvgIpc) is 2.69. The Bertz CT molecular complexity index is 1050. The first-order chi connectivity index (χ1) is 13.5. The minimum Gasteiger partial charge on any atom is -0.494 e. The van der Waals surface area contributed by atoms with Crippen molar-refractivity contribution in [3.05, 3.63) is 98.2 Å². The van der Waals surface area contributed by atoms with Crippen LogP contribution in [0.5, 0.6) is 5.75 Å². The number of pyridine rings is 1. The monoisotopic (exact) mass is 383 g/mol. The maximum absolute atomic E-state index is 13.7. The van der Waals surface area contributed by atoms with Crippen molar-refractivity contribution in [1.29, 1.82) is 0 Å². The molecular weight excluding hydrogens is 365 g/mol. The molecule has 3 rings (SSSR count). The number of methoxy groups -OCH3 is 1. The van der Waals surface area contributed by atoms with Crippen LogP contribution in [0.15, 0.2) is 65.6 Å². The average molecular weight is 383 g/mol. The molecule has 0 unspecified atom stereocenters. The predicted octanol–water partition coefficient (Wildman–Crippen LogP) is 3.56. The number of ether oxygens (including phenoxy) is 1. The van der Waals surface area contributed by atoms with E-state index < -0.39 is 10.7 Å². The molecular formula is C20H18FN3O4. The van der Waals surface area contributed by atoms with E-state index in [1.165, 1.54) is 19.2 Å². The molecule has 0 saturated carbocycles. The molecule has 0 atom stereocenters. The van der Waals surface area contributed by atoms with Gasteiger partial charge in [-0.1, -0.05) is 30.3 Å². The fourth-order valence-electron chi connectivity index (χ4n) is 2.74. The number of hydrogen-bond acceptors (Lipinski definition) is 5. The van der Waals surface area contributed by atoms with Crippen LogP contribution in [0.25, 0.3) is 0 Å². The van der Waals surface area contributed by atoms with Crippen LogP contribution >= 0.6 is 0 Å². The molecule has 0 amide bonds. The summed E-state index contributed by atoms with van der Waals surface area (Å²) >= 11 is 0. The van der Waals surface area contributed by atoms with Crippen molar-refractivity contribution in [3.8, 4) is 5.75 Å². The lowest BCUT2D eigenvalue weighted by atomic mass is 10.1. The molecule has 0 saturated heterocycles. The summed E-state index contributed by atoms with van der Waals surface area (Å²) in [6.45, 7) is 0.759. The number of nitro benzene ring substituents is 1. The van der Waals surface area contributed by atoms with E-state index in [2.05, 4.69) is 5.32 Å². The zero-order valence-corrected chi connectivity index (χ0v) is 15.1. The summed E-state index contributed by atoms with van der Waals surface area (Å²) in [5.41, 5.74) is 1.56. The second kappa shape index (κ2) is 8.34. The molecule has 0 fully saturated rings. The first-order valence-electron chi connectivity index (χ1n) is 8.47. The highest BCUT2D eigenvalue weighted by atomic mass is 19.1. The van der Waals surface area contributed by atoms with E-state index in [0.717, 1.165) is 17.2 Å². The number of halogens is 1. The molecule has 0 aliphatic rings. The number of anilines is 1. The topological polar surface area (TPSA) is 86.4 Å². The number of hydrogen-bond donors (Lipinski definition) is 1. The highest BCUT2D eigenvalue weighted by Crippen LogP contribution is 2.32. The Morgan fingerprint density at radius 3 is 2.50 bits per heavy atom. The van der Waals surface area contributed by atoms with Gasteiger partial charge >= 0.3 is 0 Å². The van der Waals surface area contributed by atoms with Gasteiger partial charge in [-0.05, 0) is 17.2 Å². The highest BCUT2D eigenvalue weighted by Gasteiger charge is 2.18. The second-order valence-corrected chi connectivity index (χ2v) is 6.10. The zero-order valence-electron chi connectivity index (χ0n) is 15.1. The molecule has 1 aromatic heterocycles. The molecule has 7 nitrogen and oxygen atoms in total. The largest absolute Gasteiger partial charge is 0.494 e. The van der Waals surface area contributed by atoms with Crippen molar-refractivity contribution in [2.45, 2.75) is 13.1 Å². The Hall–Kier alpha value is -3.68. The molecule has 0 aliphatic heterocycles. The Kier molecular flexibility index (Phi) is 5.69. The van der Waals surface area contributed by atoms with Gasteiger partial charge in [0.05, 0.1) is 24.6 Å². The number of benzene rings is 2. The molecule has 0 bridgehead atoms. The fourth-order valence-corrected chi connectivity index (χ4v) is 2.74. The lowest BCUT2D eigenvalue weighted by Gasteiger charge is -2.11. The molecule has 1 heterocycles. The van der Waals surface area contributed by atoms with Gasteiger partial charge in [0.25, 0.3) is 11.2 Å². The van der Waals surface area contributed by atoms with Crippen LogP contribution in [0.1, 0.15) is 11.1 Å². The smallest absolute Gasteiger partial charge is 0.295 e. The Labute approximate surface area is 160 Å². The molecule has 8 heteroatoms. The van der Waals surface area contributed by atoms with Gasteiger partial charge in [-0.15, -0.1) is 0 Å². The minimum absolute atomic E-state index is 0.0725. The van der Waals surface area contributed by atoms with Crippen molar-refractivity contribution >= 4 is 11.4 Å². The van der Waals surface area contributed by atoms with E-state index in [1.807, 2.05) is 24.3 Å². The van der Waals surface area contributed by atoms with Gasteiger partial charge in [0, 0.05) is 24.9 Å². The normalized spacial score (nSPS) is 10.5. The van der Waals surface area contributed by atoms with Crippen molar-refractivity contribution in [1.82, 2.24) is 4.57 Å². The quantitative estimate of drug-likeness (QED) is 0.498. The molecule has 0 radical (unpaired) electrons. The Morgan fingerprint density at radius 2 is 1.86 bits per heavy atom. The third kappa shape index (κ3) is 4.35. The van der Waals surface area contributed by atoms with Gasteiger partial charge in [0.1, 0.15) is 5.69 Å². The van der Waals surface area contributed by atoms with Crippen molar-refractivity contribution in [3.63, 3.8) is 0 Å². The second-order valence-electron chi connectivity index (χ2n) is 6.10. The number of rotatable bonds is 7. The molecule has 0 aliphatic carbocycles.